The molecule has 0 radical (unpaired) electrons. The summed E-state index contributed by atoms with van der Waals surface area (Å²) in [4.78, 5) is 25.1. The average Bonchev–Trinajstić information content (AvgIpc) is 3.08. The van der Waals surface area contributed by atoms with E-state index in [1.807, 2.05) is 0 Å². The second kappa shape index (κ2) is 30.5. The molecule has 0 aliphatic carbocycles. The molecule has 0 spiro atoms. The number of esters is 2. The number of carbonyl (C=O) groups excluding carboxylic acids is 2. The van der Waals surface area contributed by atoms with E-state index in [4.69, 9.17) is 18.9 Å². The Kier molecular flexibility index (Phi) is 28.4. The fraction of sp³-hybridized carbons (Fsp3) is 0.947. The third-order valence-corrected chi connectivity index (χ3v) is 9.24. The Bertz CT molecular complexity index is 764. The van der Waals surface area contributed by atoms with Gasteiger partial charge in [-0.3, -0.25) is 9.59 Å². The summed E-state index contributed by atoms with van der Waals surface area (Å²) < 4.78 is 22.0. The van der Waals surface area contributed by atoms with Gasteiger partial charge in [0.2, 0.25) is 0 Å². The summed E-state index contributed by atoms with van der Waals surface area (Å²) in [6.45, 7) is 3.39. The first kappa shape index (κ1) is 44.7. The zero-order valence-electron chi connectivity index (χ0n) is 30.5. The van der Waals surface area contributed by atoms with Crippen molar-refractivity contribution in [2.24, 2.45) is 0 Å². The van der Waals surface area contributed by atoms with Gasteiger partial charge in [-0.2, -0.15) is 0 Å². The summed E-state index contributed by atoms with van der Waals surface area (Å²) >= 11 is 0. The van der Waals surface area contributed by atoms with Gasteiger partial charge in [0.1, 0.15) is 31.0 Å². The maximum absolute atomic E-state index is 12.7. The van der Waals surface area contributed by atoms with Crippen LogP contribution in [0, 0.1) is 0 Å². The first-order valence-corrected chi connectivity index (χ1v) is 19.6. The summed E-state index contributed by atoms with van der Waals surface area (Å²) in [6.07, 6.45) is 19.8. The van der Waals surface area contributed by atoms with Crippen molar-refractivity contribution in [3.63, 3.8) is 0 Å². The van der Waals surface area contributed by atoms with Gasteiger partial charge in [-0.25, -0.2) is 0 Å². The van der Waals surface area contributed by atoms with E-state index in [0.29, 0.717) is 6.42 Å². The summed E-state index contributed by atoms with van der Waals surface area (Å²) in [5, 5.41) is 39.8. The van der Waals surface area contributed by atoms with Crippen molar-refractivity contribution in [3.05, 3.63) is 0 Å². The molecule has 284 valence electrons. The largest absolute Gasteiger partial charge is 0.462 e. The van der Waals surface area contributed by atoms with Gasteiger partial charge in [0.15, 0.2) is 12.4 Å². The average molecular weight is 689 g/mol. The van der Waals surface area contributed by atoms with Gasteiger partial charge in [0.25, 0.3) is 0 Å². The summed E-state index contributed by atoms with van der Waals surface area (Å²) in [5.74, 6) is -0.802. The van der Waals surface area contributed by atoms with Crippen LogP contribution >= 0.6 is 0 Å². The van der Waals surface area contributed by atoms with E-state index in [1.54, 1.807) is 0 Å². The lowest BCUT2D eigenvalue weighted by atomic mass is 9.99. The van der Waals surface area contributed by atoms with Gasteiger partial charge in [-0.05, 0) is 12.8 Å². The summed E-state index contributed by atoms with van der Waals surface area (Å²) in [6, 6.07) is 0. The molecule has 0 aromatic carbocycles. The molecule has 1 rings (SSSR count). The Labute approximate surface area is 291 Å². The van der Waals surface area contributed by atoms with Crippen molar-refractivity contribution in [1.82, 2.24) is 0 Å². The monoisotopic (exact) mass is 689 g/mol. The van der Waals surface area contributed by atoms with E-state index in [1.165, 1.54) is 103 Å². The smallest absolute Gasteiger partial charge is 0.306 e. The molecule has 0 aromatic heterocycles. The molecule has 0 aromatic rings. The Morgan fingerprint density at radius 2 is 0.979 bits per heavy atom. The lowest BCUT2D eigenvalue weighted by Gasteiger charge is -2.39. The standard InChI is InChI=1S/C38H72O10/c1-3-5-7-9-11-13-14-15-16-17-18-19-21-23-25-27-34(41)47-31(29-45-33(40)26-24-22-20-12-10-8-6-4-2)30-46-38-37(44)36(43)35(42)32(28-39)48-38/h31-32,35-39,42-44H,3-30H2,1-2H3. The van der Waals surface area contributed by atoms with Crippen LogP contribution in [-0.2, 0) is 28.5 Å². The van der Waals surface area contributed by atoms with Crippen molar-refractivity contribution in [1.29, 1.82) is 0 Å². The Morgan fingerprint density at radius 1 is 0.562 bits per heavy atom. The van der Waals surface area contributed by atoms with Gasteiger partial charge >= 0.3 is 11.9 Å². The molecular weight excluding hydrogens is 616 g/mol. The number of unbranched alkanes of at least 4 members (excludes halogenated alkanes) is 21. The maximum Gasteiger partial charge on any atom is 0.306 e. The van der Waals surface area contributed by atoms with Crippen LogP contribution in [0.1, 0.15) is 174 Å². The van der Waals surface area contributed by atoms with E-state index in [-0.39, 0.29) is 32.0 Å². The third kappa shape index (κ3) is 22.4. The van der Waals surface area contributed by atoms with Crippen LogP contribution < -0.4 is 0 Å². The highest BCUT2D eigenvalue weighted by molar-refractivity contribution is 5.70. The van der Waals surface area contributed by atoms with E-state index in [2.05, 4.69) is 13.8 Å². The molecule has 1 aliphatic heterocycles. The fourth-order valence-corrected chi connectivity index (χ4v) is 6.07. The molecule has 1 aliphatic rings. The Balaban J connectivity index is 2.36. The van der Waals surface area contributed by atoms with Crippen molar-refractivity contribution in [3.8, 4) is 0 Å². The Hall–Kier alpha value is -1.30. The second-order valence-corrected chi connectivity index (χ2v) is 13.8. The SMILES string of the molecule is CCCCCCCCCCCCCCCCCC(=O)OC(COC(=O)CCCCCCCCCC)COC1OC(CO)C(O)C(O)C1O. The van der Waals surface area contributed by atoms with E-state index < -0.39 is 49.4 Å². The van der Waals surface area contributed by atoms with E-state index >= 15 is 0 Å². The molecule has 1 heterocycles. The molecule has 4 N–H and O–H groups in total. The summed E-state index contributed by atoms with van der Waals surface area (Å²) in [5.41, 5.74) is 0. The number of hydrogen-bond acceptors (Lipinski definition) is 10. The van der Waals surface area contributed by atoms with Crippen molar-refractivity contribution in [2.45, 2.75) is 211 Å². The van der Waals surface area contributed by atoms with Crippen LogP contribution in [0.3, 0.4) is 0 Å². The van der Waals surface area contributed by atoms with Crippen LogP contribution in [0.4, 0.5) is 0 Å². The molecule has 0 saturated carbocycles. The van der Waals surface area contributed by atoms with Crippen LogP contribution in [0.15, 0.2) is 0 Å². The minimum absolute atomic E-state index is 0.210. The van der Waals surface area contributed by atoms with Crippen molar-refractivity contribution < 1.29 is 49.0 Å². The molecule has 10 nitrogen and oxygen atoms in total. The molecule has 10 heteroatoms. The highest BCUT2D eigenvalue weighted by atomic mass is 16.7. The van der Waals surface area contributed by atoms with Crippen LogP contribution in [0.25, 0.3) is 0 Å². The molecule has 1 saturated heterocycles. The number of ether oxygens (including phenoxy) is 4. The van der Waals surface area contributed by atoms with Crippen molar-refractivity contribution in [2.75, 3.05) is 19.8 Å². The molecule has 1 fully saturated rings. The lowest BCUT2D eigenvalue weighted by Crippen LogP contribution is -2.59. The second-order valence-electron chi connectivity index (χ2n) is 13.8. The van der Waals surface area contributed by atoms with Crippen LogP contribution in [0.5, 0.6) is 0 Å². The molecule has 48 heavy (non-hydrogen) atoms. The Morgan fingerprint density at radius 3 is 1.42 bits per heavy atom. The highest BCUT2D eigenvalue weighted by Gasteiger charge is 2.44. The van der Waals surface area contributed by atoms with E-state index in [9.17, 15) is 30.0 Å². The molecular formula is C38H72O10. The van der Waals surface area contributed by atoms with Gasteiger partial charge in [-0.15, -0.1) is 0 Å². The first-order valence-electron chi connectivity index (χ1n) is 19.6. The minimum atomic E-state index is -1.59. The number of hydrogen-bond donors (Lipinski definition) is 4. The predicted molar refractivity (Wildman–Crippen MR) is 187 cm³/mol. The molecule has 6 atom stereocenters. The number of rotatable bonds is 32. The molecule has 0 bridgehead atoms. The molecule has 0 amide bonds. The van der Waals surface area contributed by atoms with Gasteiger partial charge < -0.3 is 39.4 Å². The normalized spacial score (nSPS) is 21.7. The lowest BCUT2D eigenvalue weighted by molar-refractivity contribution is -0.305. The van der Waals surface area contributed by atoms with E-state index in [0.717, 1.165) is 38.5 Å². The maximum atomic E-state index is 12.7. The first-order chi connectivity index (χ1) is 23.3. The van der Waals surface area contributed by atoms with Gasteiger partial charge in [0, 0.05) is 12.8 Å². The zero-order chi connectivity index (χ0) is 35.2. The highest BCUT2D eigenvalue weighted by Crippen LogP contribution is 2.22. The zero-order valence-corrected chi connectivity index (χ0v) is 30.5. The van der Waals surface area contributed by atoms with Gasteiger partial charge in [-0.1, -0.05) is 149 Å². The van der Waals surface area contributed by atoms with Crippen molar-refractivity contribution >= 4 is 11.9 Å². The third-order valence-electron chi connectivity index (χ3n) is 9.24. The summed E-state index contributed by atoms with van der Waals surface area (Å²) in [7, 11) is 0. The number of carbonyl (C=O) groups is 2. The topological polar surface area (TPSA) is 152 Å². The quantitative estimate of drug-likeness (QED) is 0.0427. The number of aliphatic hydroxyl groups excluding tert-OH is 4. The van der Waals surface area contributed by atoms with Crippen LogP contribution in [-0.4, -0.2) is 89.0 Å². The van der Waals surface area contributed by atoms with Gasteiger partial charge in [0.05, 0.1) is 13.2 Å². The molecule has 6 unspecified atom stereocenters. The fourth-order valence-electron chi connectivity index (χ4n) is 6.07. The number of aliphatic hydroxyl groups is 4. The van der Waals surface area contributed by atoms with Crippen LogP contribution in [0.2, 0.25) is 0 Å². The minimum Gasteiger partial charge on any atom is -0.462 e. The predicted octanol–water partition coefficient (Wildman–Crippen LogP) is 7.05.